The minimum atomic E-state index is 0.294. The van der Waals surface area contributed by atoms with Gasteiger partial charge in [0, 0.05) is 5.54 Å². The maximum atomic E-state index is 5.45. The van der Waals surface area contributed by atoms with Crippen molar-refractivity contribution in [3.63, 3.8) is 0 Å². The van der Waals surface area contributed by atoms with Crippen LogP contribution in [0.2, 0.25) is 0 Å². The van der Waals surface area contributed by atoms with E-state index in [1.807, 2.05) is 6.07 Å². The molecule has 0 amide bonds. The molecule has 1 unspecified atom stereocenters. The van der Waals surface area contributed by atoms with E-state index in [9.17, 15) is 0 Å². The molecule has 1 N–H and O–H groups in total. The summed E-state index contributed by atoms with van der Waals surface area (Å²) in [7, 11) is 0. The van der Waals surface area contributed by atoms with Gasteiger partial charge in [-0.3, -0.25) is 0 Å². The van der Waals surface area contributed by atoms with E-state index >= 15 is 0 Å². The highest BCUT2D eigenvalue weighted by Gasteiger charge is 2.27. The summed E-state index contributed by atoms with van der Waals surface area (Å²) in [6.07, 6.45) is 9.83. The Morgan fingerprint density at radius 3 is 2.50 bits per heavy atom. The molecule has 0 radical (unpaired) electrons. The average Bonchev–Trinajstić information content (AvgIpc) is 2.69. The highest BCUT2D eigenvalue weighted by Crippen LogP contribution is 2.29. The van der Waals surface area contributed by atoms with Crippen molar-refractivity contribution >= 4 is 0 Å². The Hall–Kier alpha value is -0.760. The Labute approximate surface area is 98.4 Å². The maximum absolute atomic E-state index is 5.45. The van der Waals surface area contributed by atoms with Crippen LogP contribution in [0.1, 0.15) is 64.2 Å². The Balaban J connectivity index is 1.96. The van der Waals surface area contributed by atoms with Crippen LogP contribution < -0.4 is 5.32 Å². The highest BCUT2D eigenvalue weighted by molar-refractivity contribution is 5.04. The topological polar surface area (TPSA) is 25.2 Å². The van der Waals surface area contributed by atoms with Crippen molar-refractivity contribution in [3.8, 4) is 0 Å². The monoisotopic (exact) mass is 221 g/mol. The van der Waals surface area contributed by atoms with Crippen LogP contribution in [0.3, 0.4) is 0 Å². The number of furan rings is 1. The van der Waals surface area contributed by atoms with E-state index in [1.54, 1.807) is 6.26 Å². The highest BCUT2D eigenvalue weighted by atomic mass is 16.3. The minimum Gasteiger partial charge on any atom is -0.468 e. The van der Waals surface area contributed by atoms with Crippen LogP contribution in [0.15, 0.2) is 22.8 Å². The summed E-state index contributed by atoms with van der Waals surface area (Å²) >= 11 is 0. The predicted octanol–water partition coefficient (Wildman–Crippen LogP) is 4.04. The van der Waals surface area contributed by atoms with Gasteiger partial charge in [-0.2, -0.15) is 0 Å². The van der Waals surface area contributed by atoms with E-state index in [0.29, 0.717) is 11.6 Å². The summed E-state index contributed by atoms with van der Waals surface area (Å²) in [5, 5.41) is 3.74. The molecule has 2 nitrogen and oxygen atoms in total. The largest absolute Gasteiger partial charge is 0.468 e. The van der Waals surface area contributed by atoms with Gasteiger partial charge in [-0.05, 0) is 38.8 Å². The van der Waals surface area contributed by atoms with Crippen LogP contribution in [0.25, 0.3) is 0 Å². The molecule has 0 spiro atoms. The van der Waals surface area contributed by atoms with E-state index in [1.165, 1.54) is 38.5 Å². The van der Waals surface area contributed by atoms with Crippen LogP contribution in [0.4, 0.5) is 0 Å². The van der Waals surface area contributed by atoms with E-state index in [2.05, 4.69) is 25.2 Å². The lowest BCUT2D eigenvalue weighted by Gasteiger charge is -2.32. The second kappa shape index (κ2) is 5.05. The van der Waals surface area contributed by atoms with Crippen molar-refractivity contribution in [2.75, 3.05) is 0 Å². The molecule has 1 saturated carbocycles. The maximum Gasteiger partial charge on any atom is 0.120 e. The van der Waals surface area contributed by atoms with Crippen LogP contribution in [-0.2, 0) is 0 Å². The summed E-state index contributed by atoms with van der Waals surface area (Å²) in [6, 6.07) is 4.33. The Bertz CT molecular complexity index is 297. The molecule has 2 heteroatoms. The number of hydrogen-bond acceptors (Lipinski definition) is 2. The van der Waals surface area contributed by atoms with E-state index in [0.717, 1.165) is 5.76 Å². The Kier molecular flexibility index (Phi) is 3.70. The van der Waals surface area contributed by atoms with Crippen molar-refractivity contribution in [2.45, 2.75) is 64.0 Å². The Morgan fingerprint density at radius 1 is 1.25 bits per heavy atom. The van der Waals surface area contributed by atoms with Crippen LogP contribution in [-0.4, -0.2) is 5.54 Å². The zero-order chi connectivity index (χ0) is 11.4. The number of rotatable bonds is 3. The first-order chi connectivity index (χ1) is 7.70. The first-order valence-corrected chi connectivity index (χ1v) is 6.51. The minimum absolute atomic E-state index is 0.294. The molecule has 1 atom stereocenters. The Morgan fingerprint density at radius 2 is 1.94 bits per heavy atom. The van der Waals surface area contributed by atoms with E-state index < -0.39 is 0 Å². The van der Waals surface area contributed by atoms with Gasteiger partial charge in [0.05, 0.1) is 12.3 Å². The van der Waals surface area contributed by atoms with Gasteiger partial charge in [0.25, 0.3) is 0 Å². The molecule has 16 heavy (non-hydrogen) atoms. The zero-order valence-electron chi connectivity index (χ0n) is 10.5. The van der Waals surface area contributed by atoms with Crippen molar-refractivity contribution in [1.82, 2.24) is 5.32 Å². The first kappa shape index (κ1) is 11.7. The molecule has 1 aliphatic carbocycles. The molecule has 2 rings (SSSR count). The van der Waals surface area contributed by atoms with Crippen LogP contribution >= 0.6 is 0 Å². The van der Waals surface area contributed by atoms with Gasteiger partial charge in [-0.25, -0.2) is 0 Å². The van der Waals surface area contributed by atoms with Gasteiger partial charge >= 0.3 is 0 Å². The third kappa shape index (κ3) is 2.88. The predicted molar refractivity (Wildman–Crippen MR) is 66.4 cm³/mol. The van der Waals surface area contributed by atoms with Gasteiger partial charge in [0.15, 0.2) is 0 Å². The molecular weight excluding hydrogens is 198 g/mol. The SMILES string of the molecule is CC(NC1(C)CCCCCC1)c1ccco1. The molecule has 0 aliphatic heterocycles. The fraction of sp³-hybridized carbons (Fsp3) is 0.714. The van der Waals surface area contributed by atoms with E-state index in [-0.39, 0.29) is 0 Å². The zero-order valence-corrected chi connectivity index (χ0v) is 10.5. The quantitative estimate of drug-likeness (QED) is 0.779. The fourth-order valence-electron chi connectivity index (χ4n) is 2.78. The molecule has 1 aromatic rings. The molecule has 0 aromatic carbocycles. The number of nitrogens with one attached hydrogen (secondary N) is 1. The molecule has 90 valence electrons. The molecular formula is C14H23NO. The van der Waals surface area contributed by atoms with Gasteiger partial charge in [-0.1, -0.05) is 25.7 Å². The molecule has 0 saturated heterocycles. The lowest BCUT2D eigenvalue weighted by molar-refractivity contribution is 0.266. The van der Waals surface area contributed by atoms with Gasteiger partial charge in [0.1, 0.15) is 5.76 Å². The molecule has 1 heterocycles. The second-order valence-corrected chi connectivity index (χ2v) is 5.36. The summed E-state index contributed by atoms with van der Waals surface area (Å²) in [5.74, 6) is 1.05. The first-order valence-electron chi connectivity index (χ1n) is 6.51. The molecule has 1 fully saturated rings. The third-order valence-electron chi connectivity index (χ3n) is 3.74. The smallest absolute Gasteiger partial charge is 0.120 e. The van der Waals surface area contributed by atoms with Crippen LogP contribution in [0.5, 0.6) is 0 Å². The van der Waals surface area contributed by atoms with Crippen molar-refractivity contribution < 1.29 is 4.42 Å². The van der Waals surface area contributed by atoms with Crippen LogP contribution in [0, 0.1) is 0 Å². The van der Waals surface area contributed by atoms with Gasteiger partial charge in [-0.15, -0.1) is 0 Å². The van der Waals surface area contributed by atoms with Gasteiger partial charge in [0.2, 0.25) is 0 Å². The number of hydrogen-bond donors (Lipinski definition) is 1. The summed E-state index contributed by atoms with van der Waals surface area (Å²) in [5.41, 5.74) is 0.294. The lowest BCUT2D eigenvalue weighted by atomic mass is 9.91. The van der Waals surface area contributed by atoms with E-state index in [4.69, 9.17) is 4.42 Å². The molecule has 1 aromatic heterocycles. The normalized spacial score (nSPS) is 22.6. The lowest BCUT2D eigenvalue weighted by Crippen LogP contribution is -2.43. The standard InChI is InChI=1S/C14H23NO/c1-12(13-8-7-11-16-13)15-14(2)9-5-3-4-6-10-14/h7-8,11-12,15H,3-6,9-10H2,1-2H3. The third-order valence-corrected chi connectivity index (χ3v) is 3.74. The summed E-state index contributed by atoms with van der Waals surface area (Å²) in [6.45, 7) is 4.55. The second-order valence-electron chi connectivity index (χ2n) is 5.36. The summed E-state index contributed by atoms with van der Waals surface area (Å²) < 4.78 is 5.45. The van der Waals surface area contributed by atoms with Crippen molar-refractivity contribution in [2.24, 2.45) is 0 Å². The average molecular weight is 221 g/mol. The van der Waals surface area contributed by atoms with Gasteiger partial charge < -0.3 is 9.73 Å². The van der Waals surface area contributed by atoms with Crippen molar-refractivity contribution in [1.29, 1.82) is 0 Å². The molecule has 0 bridgehead atoms. The fourth-order valence-corrected chi connectivity index (χ4v) is 2.78. The van der Waals surface area contributed by atoms with Crippen molar-refractivity contribution in [3.05, 3.63) is 24.2 Å². The molecule has 1 aliphatic rings. The summed E-state index contributed by atoms with van der Waals surface area (Å²) in [4.78, 5) is 0.